The molecule has 1 heterocycles. The van der Waals surface area contributed by atoms with Gasteiger partial charge < -0.3 is 0 Å². The summed E-state index contributed by atoms with van der Waals surface area (Å²) in [6, 6.07) is 0. The van der Waals surface area contributed by atoms with Crippen molar-refractivity contribution in [2.75, 3.05) is 0 Å². The van der Waals surface area contributed by atoms with Crippen molar-refractivity contribution >= 4 is 0 Å². The molecule has 0 amide bonds. The zero-order valence-corrected chi connectivity index (χ0v) is 3.85. The van der Waals surface area contributed by atoms with E-state index < -0.39 is 5.95 Å². The Morgan fingerprint density at radius 2 is 2.71 bits per heavy atom. The van der Waals surface area contributed by atoms with Crippen molar-refractivity contribution < 1.29 is 9.49 Å². The highest BCUT2D eigenvalue weighted by Crippen LogP contribution is 1.77. The van der Waals surface area contributed by atoms with Crippen LogP contribution in [0.15, 0.2) is 6.20 Å². The van der Waals surface area contributed by atoms with Gasteiger partial charge in [-0.3, -0.25) is 0 Å². The van der Waals surface area contributed by atoms with Crippen molar-refractivity contribution in [2.24, 2.45) is 7.05 Å². The van der Waals surface area contributed by atoms with Gasteiger partial charge in [0.1, 0.15) is 0 Å². The third-order valence-electron chi connectivity index (χ3n) is 0.616. The molecule has 3 nitrogen and oxygen atoms in total. The van der Waals surface area contributed by atoms with E-state index in [9.17, 15) is 4.39 Å². The predicted molar refractivity (Wildman–Crippen MR) is 19.7 cm³/mol. The third-order valence-corrected chi connectivity index (χ3v) is 0.616. The van der Waals surface area contributed by atoms with Gasteiger partial charge in [-0.2, -0.15) is 5.10 Å². The van der Waals surface area contributed by atoms with Crippen LogP contribution in [0.5, 0.6) is 0 Å². The molecule has 0 radical (unpaired) electrons. The second-order valence-corrected chi connectivity index (χ2v) is 1.22. The van der Waals surface area contributed by atoms with Crippen LogP contribution in [-0.4, -0.2) is 9.90 Å². The average Bonchev–Trinajstić information content (AvgIpc) is 1.87. The van der Waals surface area contributed by atoms with Crippen molar-refractivity contribution in [3.63, 3.8) is 0 Å². The van der Waals surface area contributed by atoms with Gasteiger partial charge >= 0.3 is 5.95 Å². The molecule has 0 saturated heterocycles. The highest BCUT2D eigenvalue weighted by molar-refractivity contribution is 4.56. The van der Waals surface area contributed by atoms with Crippen molar-refractivity contribution in [1.82, 2.24) is 9.90 Å². The summed E-state index contributed by atoms with van der Waals surface area (Å²) in [7, 11) is 1.61. The highest BCUT2D eigenvalue weighted by Gasteiger charge is 1.99. The zero-order valence-electron chi connectivity index (χ0n) is 3.85. The minimum Gasteiger partial charge on any atom is -0.171 e. The van der Waals surface area contributed by atoms with E-state index in [1.807, 2.05) is 0 Å². The van der Waals surface area contributed by atoms with Crippen molar-refractivity contribution in [2.45, 2.75) is 0 Å². The number of aromatic nitrogens is 3. The Bertz CT molecular complexity index is 142. The van der Waals surface area contributed by atoms with Gasteiger partial charge in [0.2, 0.25) is 0 Å². The summed E-state index contributed by atoms with van der Waals surface area (Å²) in [4.78, 5) is 1.29. The van der Waals surface area contributed by atoms with Crippen LogP contribution in [0.2, 0.25) is 0 Å². The monoisotopic (exact) mass is 102 g/mol. The smallest absolute Gasteiger partial charge is 0.171 e. The number of hydrogen-bond donors (Lipinski definition) is 0. The molecular formula is C3H5FN3+. The van der Waals surface area contributed by atoms with E-state index in [0.29, 0.717) is 0 Å². The number of halogens is 1. The average molecular weight is 102 g/mol. The first kappa shape index (κ1) is 4.23. The zero-order chi connectivity index (χ0) is 5.28. The lowest BCUT2D eigenvalue weighted by Crippen LogP contribution is -2.13. The van der Waals surface area contributed by atoms with Gasteiger partial charge in [-0.05, 0) is 4.80 Å². The third kappa shape index (κ3) is 0.734. The first-order valence-corrected chi connectivity index (χ1v) is 1.86. The Morgan fingerprint density at radius 1 is 2.00 bits per heavy atom. The quantitative estimate of drug-likeness (QED) is 0.429. The number of nitrogens with one attached hydrogen (secondary N) is 1. The molecule has 1 N–H and O–H groups in total. The van der Waals surface area contributed by atoms with Crippen LogP contribution in [0.1, 0.15) is 0 Å². The van der Waals surface area contributed by atoms with E-state index >= 15 is 0 Å². The molecule has 0 fully saturated rings. The number of nitrogens with zero attached hydrogens (tertiary/aromatic N) is 2. The number of H-pyrrole nitrogens is 1. The lowest BCUT2D eigenvalue weighted by atomic mass is 10.9. The van der Waals surface area contributed by atoms with Gasteiger partial charge in [0, 0.05) is 0 Å². The van der Waals surface area contributed by atoms with Crippen molar-refractivity contribution in [1.29, 1.82) is 0 Å². The maximum absolute atomic E-state index is 11.8. The number of aryl methyl sites for hydroxylation is 1. The van der Waals surface area contributed by atoms with Crippen molar-refractivity contribution in [3.05, 3.63) is 12.1 Å². The van der Waals surface area contributed by atoms with E-state index in [1.165, 1.54) is 11.0 Å². The molecule has 0 aliphatic heterocycles. The lowest BCUT2D eigenvalue weighted by Gasteiger charge is -1.64. The highest BCUT2D eigenvalue weighted by atomic mass is 19.1. The molecule has 1 aromatic rings. The standard InChI is InChI=1S/C3H4FN3/c1-7-5-2-3(4)6-7/h2H,1H3/p+1. The van der Waals surface area contributed by atoms with Crippen LogP contribution < -0.4 is 5.10 Å². The van der Waals surface area contributed by atoms with Crippen LogP contribution in [0.25, 0.3) is 0 Å². The Hall–Kier alpha value is -0.930. The molecule has 0 aliphatic rings. The molecule has 0 atom stereocenters. The Morgan fingerprint density at radius 3 is 2.86 bits per heavy atom. The summed E-state index contributed by atoms with van der Waals surface area (Å²) in [5, 5.41) is 5.80. The van der Waals surface area contributed by atoms with Crippen LogP contribution in [0.3, 0.4) is 0 Å². The number of hydrogen-bond acceptors (Lipinski definition) is 1. The Kier molecular flexibility index (Phi) is 0.780. The van der Waals surface area contributed by atoms with Gasteiger partial charge in [-0.25, -0.2) is 0 Å². The summed E-state index contributed by atoms with van der Waals surface area (Å²) >= 11 is 0. The molecule has 38 valence electrons. The van der Waals surface area contributed by atoms with E-state index in [1.54, 1.807) is 7.05 Å². The molecule has 7 heavy (non-hydrogen) atoms. The minimum absolute atomic E-state index is 0.484. The van der Waals surface area contributed by atoms with Gasteiger partial charge in [0.25, 0.3) is 0 Å². The Balaban J connectivity index is 3.04. The van der Waals surface area contributed by atoms with Gasteiger partial charge in [-0.1, -0.05) is 0 Å². The van der Waals surface area contributed by atoms with Gasteiger partial charge in [0.15, 0.2) is 6.20 Å². The van der Waals surface area contributed by atoms with Crippen LogP contribution in [-0.2, 0) is 7.05 Å². The number of aromatic amines is 1. The normalized spacial score (nSPS) is 9.43. The Labute approximate surface area is 39.8 Å². The molecule has 0 bridgehead atoms. The number of rotatable bonds is 0. The molecule has 1 aromatic heterocycles. The van der Waals surface area contributed by atoms with E-state index in [4.69, 9.17) is 0 Å². The maximum atomic E-state index is 11.8. The van der Waals surface area contributed by atoms with E-state index in [2.05, 4.69) is 10.2 Å². The van der Waals surface area contributed by atoms with Crippen LogP contribution in [0, 0.1) is 5.95 Å². The predicted octanol–water partition coefficient (Wildman–Crippen LogP) is -0.627. The molecule has 0 saturated carbocycles. The molecule has 0 spiro atoms. The second-order valence-electron chi connectivity index (χ2n) is 1.22. The topological polar surface area (TPSA) is 32.0 Å². The van der Waals surface area contributed by atoms with E-state index in [-0.39, 0.29) is 0 Å². The molecule has 4 heteroatoms. The molecule has 0 unspecified atom stereocenters. The van der Waals surface area contributed by atoms with Crippen LogP contribution in [0.4, 0.5) is 4.39 Å². The maximum Gasteiger partial charge on any atom is 0.386 e. The summed E-state index contributed by atoms with van der Waals surface area (Å²) < 4.78 is 11.8. The summed E-state index contributed by atoms with van der Waals surface area (Å²) in [6.45, 7) is 0. The van der Waals surface area contributed by atoms with Crippen molar-refractivity contribution in [3.8, 4) is 0 Å². The fourth-order valence-electron chi connectivity index (χ4n) is 0.348. The fourth-order valence-corrected chi connectivity index (χ4v) is 0.348. The first-order valence-electron chi connectivity index (χ1n) is 1.86. The summed E-state index contributed by atoms with van der Waals surface area (Å²) in [6.07, 6.45) is 1.18. The molecule has 0 aliphatic carbocycles. The van der Waals surface area contributed by atoms with Crippen LogP contribution >= 0.6 is 0 Å². The molecule has 0 aromatic carbocycles. The second kappa shape index (κ2) is 1.29. The molecular weight excluding hydrogens is 97.1 g/mol. The van der Waals surface area contributed by atoms with Gasteiger partial charge in [0.05, 0.1) is 12.1 Å². The molecule has 1 rings (SSSR count). The first-order chi connectivity index (χ1) is 3.29. The minimum atomic E-state index is -0.484. The summed E-state index contributed by atoms with van der Waals surface area (Å²) in [5.74, 6) is -0.484. The fraction of sp³-hybridized carbons (Fsp3) is 0.333. The van der Waals surface area contributed by atoms with Gasteiger partial charge in [-0.15, -0.1) is 4.39 Å². The SMILES string of the molecule is Cn1nc(F)c[nH+]1. The van der Waals surface area contributed by atoms with E-state index in [0.717, 1.165) is 0 Å². The summed E-state index contributed by atoms with van der Waals surface area (Å²) in [5.41, 5.74) is 0. The lowest BCUT2D eigenvalue weighted by molar-refractivity contribution is -0.492. The largest absolute Gasteiger partial charge is 0.386 e.